The van der Waals surface area contributed by atoms with Crippen LogP contribution in [0.2, 0.25) is 0 Å². The lowest BCUT2D eigenvalue weighted by Crippen LogP contribution is -2.28. The largest absolute Gasteiger partial charge is 0.394 e. The summed E-state index contributed by atoms with van der Waals surface area (Å²) < 4.78 is 5.23. The highest BCUT2D eigenvalue weighted by atomic mass is 16.5. The summed E-state index contributed by atoms with van der Waals surface area (Å²) in [5, 5.41) is 11.7. The van der Waals surface area contributed by atoms with Gasteiger partial charge in [0.2, 0.25) is 0 Å². The van der Waals surface area contributed by atoms with Gasteiger partial charge in [0.15, 0.2) is 0 Å². The fraction of sp³-hybridized carbons (Fsp3) is 1.00. The van der Waals surface area contributed by atoms with E-state index in [2.05, 4.69) is 12.2 Å². The van der Waals surface area contributed by atoms with E-state index < -0.39 is 0 Å². The molecule has 1 unspecified atom stereocenters. The van der Waals surface area contributed by atoms with Gasteiger partial charge in [0.05, 0.1) is 19.3 Å². The summed E-state index contributed by atoms with van der Waals surface area (Å²) in [6.45, 7) is 6.58. The maximum absolute atomic E-state index is 8.44. The summed E-state index contributed by atoms with van der Waals surface area (Å²) in [6.07, 6.45) is 1.35. The fourth-order valence-electron chi connectivity index (χ4n) is 0.795. The highest BCUT2D eigenvalue weighted by Gasteiger charge is 1.98. The maximum atomic E-state index is 8.44. The second-order valence-corrected chi connectivity index (χ2v) is 2.61. The Morgan fingerprint density at radius 2 is 2.27 bits per heavy atom. The Labute approximate surface area is 68.8 Å². The van der Waals surface area contributed by atoms with Gasteiger partial charge in [0, 0.05) is 6.54 Å². The van der Waals surface area contributed by atoms with Crippen LogP contribution in [0.3, 0.4) is 0 Å². The van der Waals surface area contributed by atoms with Crippen LogP contribution in [0.4, 0.5) is 0 Å². The van der Waals surface area contributed by atoms with E-state index in [1.807, 2.05) is 6.92 Å². The van der Waals surface area contributed by atoms with Gasteiger partial charge in [-0.05, 0) is 19.9 Å². The van der Waals surface area contributed by atoms with Crippen molar-refractivity contribution in [1.29, 1.82) is 0 Å². The molecule has 0 amide bonds. The SMILES string of the molecule is CCCNCC(C)OCCO. The second kappa shape index (κ2) is 7.98. The third kappa shape index (κ3) is 7.78. The van der Waals surface area contributed by atoms with Gasteiger partial charge < -0.3 is 15.2 Å². The van der Waals surface area contributed by atoms with E-state index in [1.165, 1.54) is 0 Å². The summed E-state index contributed by atoms with van der Waals surface area (Å²) in [5.41, 5.74) is 0. The van der Waals surface area contributed by atoms with E-state index in [-0.39, 0.29) is 12.7 Å². The molecule has 0 saturated heterocycles. The maximum Gasteiger partial charge on any atom is 0.0701 e. The van der Waals surface area contributed by atoms with Crippen molar-refractivity contribution in [2.24, 2.45) is 0 Å². The molecule has 3 nitrogen and oxygen atoms in total. The molecular weight excluding hydrogens is 142 g/mol. The third-order valence-corrected chi connectivity index (χ3v) is 1.35. The van der Waals surface area contributed by atoms with Crippen molar-refractivity contribution in [2.45, 2.75) is 26.4 Å². The van der Waals surface area contributed by atoms with E-state index in [1.54, 1.807) is 0 Å². The molecule has 0 saturated carbocycles. The van der Waals surface area contributed by atoms with E-state index >= 15 is 0 Å². The van der Waals surface area contributed by atoms with Gasteiger partial charge in [-0.3, -0.25) is 0 Å². The van der Waals surface area contributed by atoms with Crippen LogP contribution in [-0.2, 0) is 4.74 Å². The van der Waals surface area contributed by atoms with E-state index in [9.17, 15) is 0 Å². The Morgan fingerprint density at radius 3 is 2.82 bits per heavy atom. The molecule has 0 radical (unpaired) electrons. The van der Waals surface area contributed by atoms with Gasteiger partial charge in [0.25, 0.3) is 0 Å². The molecule has 2 N–H and O–H groups in total. The topological polar surface area (TPSA) is 41.5 Å². The first kappa shape index (κ1) is 10.9. The molecule has 3 heteroatoms. The average Bonchev–Trinajstić information content (AvgIpc) is 2.01. The standard InChI is InChI=1S/C8H19NO2/c1-3-4-9-7-8(2)11-6-5-10/h8-10H,3-7H2,1-2H3. The smallest absolute Gasteiger partial charge is 0.0701 e. The molecule has 0 aliphatic rings. The monoisotopic (exact) mass is 161 g/mol. The number of hydrogen-bond acceptors (Lipinski definition) is 3. The zero-order chi connectivity index (χ0) is 8.53. The van der Waals surface area contributed by atoms with Gasteiger partial charge in [-0.15, -0.1) is 0 Å². The van der Waals surface area contributed by atoms with Crippen molar-refractivity contribution in [3.05, 3.63) is 0 Å². The predicted molar refractivity (Wildman–Crippen MR) is 45.7 cm³/mol. The first-order valence-electron chi connectivity index (χ1n) is 4.24. The summed E-state index contributed by atoms with van der Waals surface area (Å²) in [5.74, 6) is 0. The lowest BCUT2D eigenvalue weighted by atomic mass is 10.4. The van der Waals surface area contributed by atoms with Crippen LogP contribution >= 0.6 is 0 Å². The normalized spacial score (nSPS) is 13.4. The number of aliphatic hydroxyl groups excluding tert-OH is 1. The van der Waals surface area contributed by atoms with Crippen LogP contribution in [-0.4, -0.2) is 37.5 Å². The molecule has 0 aliphatic heterocycles. The molecule has 0 aromatic rings. The van der Waals surface area contributed by atoms with Crippen molar-refractivity contribution in [2.75, 3.05) is 26.3 Å². The Morgan fingerprint density at radius 1 is 1.55 bits per heavy atom. The molecular formula is C8H19NO2. The highest BCUT2D eigenvalue weighted by molar-refractivity contribution is 4.54. The minimum Gasteiger partial charge on any atom is -0.394 e. The molecule has 0 aliphatic carbocycles. The lowest BCUT2D eigenvalue weighted by molar-refractivity contribution is 0.0396. The Hall–Kier alpha value is -0.120. The third-order valence-electron chi connectivity index (χ3n) is 1.35. The summed E-state index contributed by atoms with van der Waals surface area (Å²) >= 11 is 0. The molecule has 0 rings (SSSR count). The first-order valence-corrected chi connectivity index (χ1v) is 4.24. The number of nitrogens with one attached hydrogen (secondary N) is 1. The van der Waals surface area contributed by atoms with Crippen LogP contribution in [0.25, 0.3) is 0 Å². The van der Waals surface area contributed by atoms with Gasteiger partial charge in [0.1, 0.15) is 0 Å². The van der Waals surface area contributed by atoms with Crippen molar-refractivity contribution in [3.8, 4) is 0 Å². The molecule has 0 bridgehead atoms. The van der Waals surface area contributed by atoms with Crippen molar-refractivity contribution < 1.29 is 9.84 Å². The van der Waals surface area contributed by atoms with Crippen LogP contribution in [0.5, 0.6) is 0 Å². The van der Waals surface area contributed by atoms with Crippen LogP contribution in [0.15, 0.2) is 0 Å². The Kier molecular flexibility index (Phi) is 7.89. The number of aliphatic hydroxyl groups is 1. The van der Waals surface area contributed by atoms with Crippen molar-refractivity contribution in [3.63, 3.8) is 0 Å². The molecule has 0 aromatic carbocycles. The van der Waals surface area contributed by atoms with Gasteiger partial charge in [-0.2, -0.15) is 0 Å². The number of ether oxygens (including phenoxy) is 1. The predicted octanol–water partition coefficient (Wildman–Crippen LogP) is 0.383. The molecule has 11 heavy (non-hydrogen) atoms. The molecule has 0 aromatic heterocycles. The summed E-state index contributed by atoms with van der Waals surface area (Å²) in [7, 11) is 0. The molecule has 0 spiro atoms. The second-order valence-electron chi connectivity index (χ2n) is 2.61. The number of hydrogen-bond donors (Lipinski definition) is 2. The van der Waals surface area contributed by atoms with Gasteiger partial charge in [-0.25, -0.2) is 0 Å². The van der Waals surface area contributed by atoms with Crippen molar-refractivity contribution >= 4 is 0 Å². The molecule has 0 heterocycles. The van der Waals surface area contributed by atoms with Crippen molar-refractivity contribution in [1.82, 2.24) is 5.32 Å². The van der Waals surface area contributed by atoms with Crippen LogP contribution in [0, 0.1) is 0 Å². The Balaban J connectivity index is 3.02. The van der Waals surface area contributed by atoms with E-state index in [0.29, 0.717) is 6.61 Å². The average molecular weight is 161 g/mol. The highest BCUT2D eigenvalue weighted by Crippen LogP contribution is 1.87. The zero-order valence-electron chi connectivity index (χ0n) is 7.47. The van der Waals surface area contributed by atoms with Crippen LogP contribution < -0.4 is 5.32 Å². The minimum absolute atomic E-state index is 0.109. The first-order chi connectivity index (χ1) is 5.31. The van der Waals surface area contributed by atoms with Crippen LogP contribution in [0.1, 0.15) is 20.3 Å². The molecule has 0 fully saturated rings. The molecule has 1 atom stereocenters. The summed E-state index contributed by atoms with van der Waals surface area (Å²) in [4.78, 5) is 0. The van der Waals surface area contributed by atoms with E-state index in [4.69, 9.17) is 9.84 Å². The van der Waals surface area contributed by atoms with Gasteiger partial charge >= 0.3 is 0 Å². The van der Waals surface area contributed by atoms with E-state index in [0.717, 1.165) is 19.5 Å². The zero-order valence-corrected chi connectivity index (χ0v) is 7.47. The lowest BCUT2D eigenvalue weighted by Gasteiger charge is -2.12. The van der Waals surface area contributed by atoms with Gasteiger partial charge in [-0.1, -0.05) is 6.92 Å². The minimum atomic E-state index is 0.109. The fourth-order valence-corrected chi connectivity index (χ4v) is 0.795. The molecule has 68 valence electrons. The number of rotatable bonds is 7. The quantitative estimate of drug-likeness (QED) is 0.530. The summed E-state index contributed by atoms with van der Waals surface area (Å²) in [6, 6.07) is 0. The Bertz CT molecular complexity index is 78.5.